The third kappa shape index (κ3) is 3.98. The second kappa shape index (κ2) is 7.69. The molecule has 0 N–H and O–H groups in total. The van der Waals surface area contributed by atoms with E-state index in [0.717, 1.165) is 25.0 Å². The van der Waals surface area contributed by atoms with Crippen LogP contribution >= 0.6 is 0 Å². The number of hydrogen-bond donors (Lipinski definition) is 0. The van der Waals surface area contributed by atoms with Crippen molar-refractivity contribution in [3.8, 4) is 0 Å². The Bertz CT molecular complexity index is 240. The van der Waals surface area contributed by atoms with Gasteiger partial charge in [-0.1, -0.05) is 13.3 Å². The highest BCUT2D eigenvalue weighted by Gasteiger charge is 2.34. The van der Waals surface area contributed by atoms with E-state index in [1.165, 1.54) is 0 Å². The molecular formula is C13H24O4. The highest BCUT2D eigenvalue weighted by molar-refractivity contribution is 5.07. The normalized spacial score (nSPS) is 28.7. The molecule has 0 saturated carbocycles. The molecule has 1 rings (SSSR count). The molecule has 1 aliphatic rings. The lowest BCUT2D eigenvalue weighted by Crippen LogP contribution is -2.46. The van der Waals surface area contributed by atoms with Crippen LogP contribution in [0.15, 0.2) is 11.8 Å². The van der Waals surface area contributed by atoms with Crippen molar-refractivity contribution >= 4 is 0 Å². The zero-order valence-corrected chi connectivity index (χ0v) is 11.3. The molecule has 0 bridgehead atoms. The molecule has 1 heterocycles. The average molecular weight is 244 g/mol. The molecular weight excluding hydrogens is 220 g/mol. The third-order valence-corrected chi connectivity index (χ3v) is 3.00. The van der Waals surface area contributed by atoms with Crippen LogP contribution in [-0.4, -0.2) is 46.2 Å². The molecule has 100 valence electrons. The Kier molecular flexibility index (Phi) is 6.55. The average Bonchev–Trinajstić information content (AvgIpc) is 2.36. The third-order valence-electron chi connectivity index (χ3n) is 3.00. The summed E-state index contributed by atoms with van der Waals surface area (Å²) in [5.74, 6) is 0.994. The van der Waals surface area contributed by atoms with Gasteiger partial charge in [-0.15, -0.1) is 0 Å². The van der Waals surface area contributed by atoms with E-state index < -0.39 is 0 Å². The van der Waals surface area contributed by atoms with Crippen molar-refractivity contribution in [3.63, 3.8) is 0 Å². The number of ether oxygens (including phenoxy) is 4. The predicted octanol–water partition coefficient (Wildman–Crippen LogP) is 2.14. The summed E-state index contributed by atoms with van der Waals surface area (Å²) in [6, 6.07) is 0. The van der Waals surface area contributed by atoms with Gasteiger partial charge in [-0.25, -0.2) is 0 Å². The van der Waals surface area contributed by atoms with Gasteiger partial charge in [-0.3, -0.25) is 0 Å². The van der Waals surface area contributed by atoms with Crippen molar-refractivity contribution in [3.05, 3.63) is 11.8 Å². The van der Waals surface area contributed by atoms with Crippen LogP contribution in [0, 0.1) is 0 Å². The highest BCUT2D eigenvalue weighted by atomic mass is 16.6. The van der Waals surface area contributed by atoms with Gasteiger partial charge in [0.15, 0.2) is 6.10 Å². The Balaban J connectivity index is 2.71. The Labute approximate surface area is 104 Å². The van der Waals surface area contributed by atoms with Gasteiger partial charge < -0.3 is 18.9 Å². The molecule has 17 heavy (non-hydrogen) atoms. The van der Waals surface area contributed by atoms with Crippen molar-refractivity contribution in [2.75, 3.05) is 27.9 Å². The van der Waals surface area contributed by atoms with Gasteiger partial charge in [0.2, 0.25) is 0 Å². The molecule has 0 unspecified atom stereocenters. The van der Waals surface area contributed by atoms with Crippen LogP contribution in [0.3, 0.4) is 0 Å². The second-order valence-corrected chi connectivity index (χ2v) is 4.25. The molecule has 0 saturated heterocycles. The van der Waals surface area contributed by atoms with Crippen LogP contribution < -0.4 is 0 Å². The number of unbranched alkanes of at least 4 members (excludes halogenated alkanes) is 1. The molecule has 1 aliphatic heterocycles. The van der Waals surface area contributed by atoms with Gasteiger partial charge in [-0.05, 0) is 12.5 Å². The zero-order chi connectivity index (χ0) is 12.7. The minimum Gasteiger partial charge on any atom is -0.490 e. The monoisotopic (exact) mass is 244 g/mol. The van der Waals surface area contributed by atoms with Crippen molar-refractivity contribution in [1.29, 1.82) is 0 Å². The van der Waals surface area contributed by atoms with Gasteiger partial charge in [0, 0.05) is 27.8 Å². The Hall–Kier alpha value is -0.580. The molecule has 4 heteroatoms. The van der Waals surface area contributed by atoms with Crippen LogP contribution in [0.5, 0.6) is 0 Å². The van der Waals surface area contributed by atoms with Crippen molar-refractivity contribution in [2.24, 2.45) is 0 Å². The number of allylic oxidation sites excluding steroid dienone is 1. The highest BCUT2D eigenvalue weighted by Crippen LogP contribution is 2.25. The molecule has 3 atom stereocenters. The summed E-state index contributed by atoms with van der Waals surface area (Å²) in [4.78, 5) is 0. The number of methoxy groups -OCH3 is 3. The van der Waals surface area contributed by atoms with E-state index in [1.54, 1.807) is 21.3 Å². The Morgan fingerprint density at radius 2 is 2.00 bits per heavy atom. The summed E-state index contributed by atoms with van der Waals surface area (Å²) in [7, 11) is 5.04. The summed E-state index contributed by atoms with van der Waals surface area (Å²) >= 11 is 0. The minimum absolute atomic E-state index is 0.0549. The fourth-order valence-electron chi connectivity index (χ4n) is 2.06. The molecule has 0 aliphatic carbocycles. The standard InChI is InChI=1S/C13H24O4/c1-5-6-7-10-8-11(15-3)13(16-4)12(17-10)9-14-2/h8,11-13H,5-7,9H2,1-4H3/t11-,12-,13+/m1/s1. The van der Waals surface area contributed by atoms with Crippen LogP contribution in [0.25, 0.3) is 0 Å². The fourth-order valence-corrected chi connectivity index (χ4v) is 2.06. The quantitative estimate of drug-likeness (QED) is 0.687. The van der Waals surface area contributed by atoms with Gasteiger partial charge >= 0.3 is 0 Å². The zero-order valence-electron chi connectivity index (χ0n) is 11.3. The van der Waals surface area contributed by atoms with E-state index in [-0.39, 0.29) is 18.3 Å². The first kappa shape index (κ1) is 14.5. The largest absolute Gasteiger partial charge is 0.490 e. The lowest BCUT2D eigenvalue weighted by molar-refractivity contribution is -0.122. The molecule has 0 aromatic carbocycles. The summed E-state index contributed by atoms with van der Waals surface area (Å²) in [5, 5.41) is 0. The van der Waals surface area contributed by atoms with Crippen molar-refractivity contribution in [2.45, 2.75) is 44.5 Å². The molecule has 0 fully saturated rings. The molecule has 0 aromatic rings. The Morgan fingerprint density at radius 1 is 1.24 bits per heavy atom. The second-order valence-electron chi connectivity index (χ2n) is 4.25. The van der Waals surface area contributed by atoms with Crippen LogP contribution in [-0.2, 0) is 18.9 Å². The van der Waals surface area contributed by atoms with Crippen molar-refractivity contribution < 1.29 is 18.9 Å². The summed E-state index contributed by atoms with van der Waals surface area (Å²) in [5.41, 5.74) is 0. The van der Waals surface area contributed by atoms with Gasteiger partial charge in [0.1, 0.15) is 12.2 Å². The number of hydrogen-bond acceptors (Lipinski definition) is 4. The first-order valence-electron chi connectivity index (χ1n) is 6.18. The summed E-state index contributed by atoms with van der Waals surface area (Å²) in [6.07, 6.45) is 5.00. The van der Waals surface area contributed by atoms with E-state index in [9.17, 15) is 0 Å². The van der Waals surface area contributed by atoms with E-state index >= 15 is 0 Å². The maximum Gasteiger partial charge on any atom is 0.150 e. The molecule has 0 spiro atoms. The molecule has 0 radical (unpaired) electrons. The SMILES string of the molecule is CCCCC1=C[C@@H](OC)[C@H](OC)[C@@H](COC)O1. The lowest BCUT2D eigenvalue weighted by atomic mass is 10.0. The smallest absolute Gasteiger partial charge is 0.150 e. The van der Waals surface area contributed by atoms with Gasteiger partial charge in [0.25, 0.3) is 0 Å². The lowest BCUT2D eigenvalue weighted by Gasteiger charge is -2.35. The molecule has 0 amide bonds. The van der Waals surface area contributed by atoms with Crippen LogP contribution in [0.1, 0.15) is 26.2 Å². The number of rotatable bonds is 7. The van der Waals surface area contributed by atoms with E-state index in [2.05, 4.69) is 6.92 Å². The van der Waals surface area contributed by atoms with Crippen molar-refractivity contribution in [1.82, 2.24) is 0 Å². The fraction of sp³-hybridized carbons (Fsp3) is 0.846. The first-order chi connectivity index (χ1) is 8.26. The van der Waals surface area contributed by atoms with E-state index in [1.807, 2.05) is 6.08 Å². The topological polar surface area (TPSA) is 36.9 Å². The molecule has 0 aromatic heterocycles. The van der Waals surface area contributed by atoms with E-state index in [0.29, 0.717) is 6.61 Å². The first-order valence-corrected chi connectivity index (χ1v) is 6.18. The van der Waals surface area contributed by atoms with Gasteiger partial charge in [-0.2, -0.15) is 0 Å². The van der Waals surface area contributed by atoms with E-state index in [4.69, 9.17) is 18.9 Å². The van der Waals surface area contributed by atoms with Crippen LogP contribution in [0.2, 0.25) is 0 Å². The summed E-state index contributed by atoms with van der Waals surface area (Å²) in [6.45, 7) is 2.68. The van der Waals surface area contributed by atoms with Gasteiger partial charge in [0.05, 0.1) is 12.4 Å². The molecule has 4 nitrogen and oxygen atoms in total. The van der Waals surface area contributed by atoms with Crippen LogP contribution in [0.4, 0.5) is 0 Å². The Morgan fingerprint density at radius 3 is 2.53 bits per heavy atom. The predicted molar refractivity (Wildman–Crippen MR) is 66.0 cm³/mol. The minimum atomic E-state index is -0.106. The maximum absolute atomic E-state index is 5.90. The maximum atomic E-state index is 5.90. The summed E-state index contributed by atoms with van der Waals surface area (Å²) < 4.78 is 21.9.